The summed E-state index contributed by atoms with van der Waals surface area (Å²) in [5.74, 6) is 6.47. The zero-order chi connectivity index (χ0) is 72.4. The van der Waals surface area contributed by atoms with Gasteiger partial charge in [0.2, 0.25) is 11.8 Å². The van der Waals surface area contributed by atoms with Gasteiger partial charge in [-0.1, -0.05) is 11.6 Å². The van der Waals surface area contributed by atoms with Crippen molar-refractivity contribution in [2.75, 3.05) is 0 Å². The Hall–Kier alpha value is -9.06. The van der Waals surface area contributed by atoms with Gasteiger partial charge in [0.1, 0.15) is 88.6 Å². The van der Waals surface area contributed by atoms with Gasteiger partial charge >= 0.3 is 11.9 Å². The monoisotopic (exact) mass is 1400 g/mol. The summed E-state index contributed by atoms with van der Waals surface area (Å²) in [5, 5.41) is 10.8. The number of ether oxygens (including phenoxy) is 4. The van der Waals surface area contributed by atoms with Crippen LogP contribution in [0, 0.1) is 26.7 Å². The fourth-order valence-corrected chi connectivity index (χ4v) is 13.2. The summed E-state index contributed by atoms with van der Waals surface area (Å²) in [6.07, 6.45) is 27.8. The highest BCUT2D eigenvalue weighted by molar-refractivity contribution is 6.33. The zero-order valence-electron chi connectivity index (χ0n) is 60.5. The minimum Gasteiger partial charge on any atom is -0.471 e. The number of esters is 2. The van der Waals surface area contributed by atoms with E-state index in [1.54, 1.807) is 56.8 Å². The molecule has 15 heterocycles. The van der Waals surface area contributed by atoms with Crippen molar-refractivity contribution in [1.29, 1.82) is 0 Å². The maximum absolute atomic E-state index is 10.8. The molecule has 16 rings (SSSR count). The van der Waals surface area contributed by atoms with Crippen molar-refractivity contribution >= 4 is 68.6 Å². The second-order valence-electron chi connectivity index (χ2n) is 28.0. The van der Waals surface area contributed by atoms with Crippen LogP contribution < -0.4 is 25.4 Å². The summed E-state index contributed by atoms with van der Waals surface area (Å²) in [5.41, 5.74) is 6.19. The molecular formula is C71H94ClN21O8. The summed E-state index contributed by atoms with van der Waals surface area (Å²) in [6.45, 7) is 29.5. The Labute approximate surface area is 592 Å². The zero-order valence-corrected chi connectivity index (χ0v) is 61.2. The van der Waals surface area contributed by atoms with Gasteiger partial charge in [0.05, 0.1) is 22.7 Å². The second kappa shape index (κ2) is 32.7. The molecule has 101 heavy (non-hydrogen) atoms. The van der Waals surface area contributed by atoms with Crippen LogP contribution in [0.15, 0.2) is 56.2 Å². The Morgan fingerprint density at radius 1 is 0.485 bits per heavy atom. The molecule has 9 aromatic heterocycles. The SMILES string of the molecule is CC(=O)C1CC1.CC(=O)OC(C)(C)C.CC(=O)OC(C)(C)C.CCn1c(-c2cnc(C)nc2)nc2c(Cl)ncnc21.CCn1c(-c2cnc(C)nc2)nc2c(OC3CC4CCC3N4)ncnc21.CCn1c(-c2cnc(C)nc2)nc2c(OC3CC4CCC3N4)ncnc21.O=C1CC2CCC1N2. The number of imidazole rings is 3. The third kappa shape index (κ3) is 19.3. The molecule has 7 fully saturated rings. The Balaban J connectivity index is 0.000000137. The van der Waals surface area contributed by atoms with Crippen LogP contribution in [0.1, 0.15) is 171 Å². The first kappa shape index (κ1) is 74.6. The van der Waals surface area contributed by atoms with E-state index in [2.05, 4.69) is 104 Å². The van der Waals surface area contributed by atoms with E-state index in [0.717, 1.165) is 127 Å². The predicted octanol–water partition coefficient (Wildman–Crippen LogP) is 9.79. The number of Topliss-reactive ketones (excluding diaryl/α,β-unsaturated/α-hetero) is 2. The van der Waals surface area contributed by atoms with Gasteiger partial charge < -0.3 is 48.6 Å². The third-order valence-corrected chi connectivity index (χ3v) is 18.0. The van der Waals surface area contributed by atoms with Crippen LogP contribution in [0.4, 0.5) is 0 Å². The number of ketones is 2. The van der Waals surface area contributed by atoms with Crippen molar-refractivity contribution in [2.24, 2.45) is 5.92 Å². The van der Waals surface area contributed by atoms with Gasteiger partial charge in [0.15, 0.2) is 38.9 Å². The Morgan fingerprint density at radius 3 is 1.11 bits per heavy atom. The molecule has 1 saturated carbocycles. The number of nitrogens with one attached hydrogen (secondary N) is 3. The maximum Gasteiger partial charge on any atom is 0.303 e. The van der Waals surface area contributed by atoms with Crippen molar-refractivity contribution in [3.63, 3.8) is 0 Å². The predicted molar refractivity (Wildman–Crippen MR) is 379 cm³/mol. The molecule has 29 nitrogen and oxygen atoms in total. The number of fused-ring (bicyclic) bond motifs is 9. The first-order valence-corrected chi connectivity index (χ1v) is 35.2. The Morgan fingerprint density at radius 2 is 0.851 bits per heavy atom. The number of aryl methyl sites for hydroxylation is 6. The van der Waals surface area contributed by atoms with Gasteiger partial charge in [0, 0.05) is 126 Å². The first-order chi connectivity index (χ1) is 48.1. The lowest BCUT2D eigenvalue weighted by atomic mass is 9.98. The molecule has 7 aliphatic rings. The average molecular weight is 1410 g/mol. The van der Waals surface area contributed by atoms with E-state index in [1.165, 1.54) is 52.3 Å². The molecule has 0 radical (unpaired) electrons. The van der Waals surface area contributed by atoms with Crippen molar-refractivity contribution < 1.29 is 38.1 Å². The van der Waals surface area contributed by atoms with E-state index in [1.807, 2.05) is 73.8 Å². The number of carbonyl (C=O) groups is 4. The summed E-state index contributed by atoms with van der Waals surface area (Å²) in [4.78, 5) is 107. The van der Waals surface area contributed by atoms with E-state index in [4.69, 9.17) is 40.5 Å². The summed E-state index contributed by atoms with van der Waals surface area (Å²) >= 11 is 6.05. The van der Waals surface area contributed by atoms with Gasteiger partial charge in [-0.05, 0) is 141 Å². The number of halogens is 1. The maximum atomic E-state index is 10.8. The van der Waals surface area contributed by atoms with Gasteiger partial charge in [-0.3, -0.25) is 19.2 Å². The summed E-state index contributed by atoms with van der Waals surface area (Å²) < 4.78 is 28.2. The largest absolute Gasteiger partial charge is 0.471 e. The number of hydrogen-bond acceptors (Lipinski definition) is 26. The molecule has 6 aliphatic heterocycles. The third-order valence-electron chi connectivity index (χ3n) is 17.7. The lowest BCUT2D eigenvalue weighted by molar-refractivity contribution is -0.153. The molecule has 6 bridgehead atoms. The standard InChI is InChI=1S/2C18H21N7O.C12H11ClN6.C6H9NO.2C6H12O2.C5H8O/c2*1-3-25-16(11-7-19-10(2)20-8-11)24-15-17(25)21-9-22-18(15)26-14-6-12-4-5-13(14)23-12;1-3-19-11(8-4-14-7(2)15-5-8)18-9-10(13)16-6-17-12(9)19;8-6-3-4-1-2-5(6)7-4;2*1-5(7)8-6(2,3)4;1-4(6)5-2-3-5/h2*7-9,12-14,23H,3-6H2,1-2H3;4-6H,3H2,1-2H3;4-5,7H,1-3H2;2*1-4H3;5H,2-3H2,1H3. The fraction of sp³-hybridized carbons (Fsp3) is 0.563. The molecule has 3 N–H and O–H groups in total. The molecule has 30 heteroatoms. The number of rotatable bonds is 11. The Kier molecular flexibility index (Phi) is 24.2. The van der Waals surface area contributed by atoms with Crippen molar-refractivity contribution in [1.82, 2.24) is 104 Å². The molecule has 538 valence electrons. The van der Waals surface area contributed by atoms with Gasteiger partial charge in [0.25, 0.3) is 0 Å². The van der Waals surface area contributed by atoms with Crippen LogP contribution in [0.25, 0.3) is 67.7 Å². The smallest absolute Gasteiger partial charge is 0.303 e. The highest BCUT2D eigenvalue weighted by Crippen LogP contribution is 2.37. The molecule has 8 atom stereocenters. The molecule has 0 aromatic carbocycles. The molecule has 6 saturated heterocycles. The molecule has 1 aliphatic carbocycles. The van der Waals surface area contributed by atoms with Crippen LogP contribution in [0.3, 0.4) is 0 Å². The molecule has 8 unspecified atom stereocenters. The van der Waals surface area contributed by atoms with Gasteiger partial charge in [-0.15, -0.1) is 0 Å². The van der Waals surface area contributed by atoms with E-state index in [-0.39, 0.29) is 41.4 Å². The number of nitrogens with zero attached hydrogens (tertiary/aromatic N) is 18. The lowest BCUT2D eigenvalue weighted by Crippen LogP contribution is -2.32. The van der Waals surface area contributed by atoms with E-state index in [0.29, 0.717) is 81.2 Å². The van der Waals surface area contributed by atoms with Crippen LogP contribution >= 0.6 is 11.6 Å². The van der Waals surface area contributed by atoms with Crippen LogP contribution in [-0.4, -0.2) is 172 Å². The van der Waals surface area contributed by atoms with E-state index >= 15 is 0 Å². The van der Waals surface area contributed by atoms with Crippen LogP contribution in [0.2, 0.25) is 5.15 Å². The van der Waals surface area contributed by atoms with Crippen molar-refractivity contribution in [3.8, 4) is 45.9 Å². The minimum absolute atomic E-state index is 0.157. The number of carbonyl (C=O) groups excluding carboxylic acids is 4. The number of aromatic nitrogens is 18. The quantitative estimate of drug-likeness (QED) is 0.0800. The normalized spacial score (nSPS) is 21.1. The molecular weight excluding hydrogens is 1310 g/mol. The van der Waals surface area contributed by atoms with Crippen molar-refractivity contribution in [2.45, 2.75) is 254 Å². The van der Waals surface area contributed by atoms with E-state index in [9.17, 15) is 19.2 Å². The summed E-state index contributed by atoms with van der Waals surface area (Å²) in [7, 11) is 0. The lowest BCUT2D eigenvalue weighted by Gasteiger charge is -2.20. The summed E-state index contributed by atoms with van der Waals surface area (Å²) in [6, 6.07) is 2.80. The van der Waals surface area contributed by atoms with Crippen molar-refractivity contribution in [3.05, 3.63) is 78.8 Å². The highest BCUT2D eigenvalue weighted by Gasteiger charge is 2.43. The molecule has 0 spiro atoms. The minimum atomic E-state index is -0.328. The second-order valence-corrected chi connectivity index (χ2v) is 28.3. The van der Waals surface area contributed by atoms with Crippen LogP contribution in [-0.2, 0) is 48.3 Å². The topological polar surface area (TPSA) is 349 Å². The number of hydrogen-bond donors (Lipinski definition) is 3. The fourth-order valence-electron chi connectivity index (χ4n) is 13.1. The van der Waals surface area contributed by atoms with Gasteiger partial charge in [-0.2, -0.15) is 9.97 Å². The molecule has 0 amide bonds. The van der Waals surface area contributed by atoms with E-state index < -0.39 is 0 Å². The molecule has 9 aromatic rings. The highest BCUT2D eigenvalue weighted by atomic mass is 35.5. The average Bonchev–Trinajstić information content (AvgIpc) is 1.61. The first-order valence-electron chi connectivity index (χ1n) is 34.9. The Bertz CT molecular complexity index is 4160. The van der Waals surface area contributed by atoms with Gasteiger partial charge in [-0.25, -0.2) is 64.8 Å². The van der Waals surface area contributed by atoms with Crippen LogP contribution in [0.5, 0.6) is 11.8 Å².